The van der Waals surface area contributed by atoms with Crippen LogP contribution in [0, 0.1) is 5.92 Å². The number of hydrogen-bond acceptors (Lipinski definition) is 3. The van der Waals surface area contributed by atoms with Crippen molar-refractivity contribution in [3.05, 3.63) is 24.2 Å². The van der Waals surface area contributed by atoms with E-state index >= 15 is 0 Å². The van der Waals surface area contributed by atoms with E-state index in [1.807, 2.05) is 19.2 Å². The van der Waals surface area contributed by atoms with Crippen LogP contribution >= 0.6 is 0 Å². The third-order valence-corrected chi connectivity index (χ3v) is 2.82. The Labute approximate surface area is 85.1 Å². The van der Waals surface area contributed by atoms with Crippen molar-refractivity contribution in [1.29, 1.82) is 0 Å². The van der Waals surface area contributed by atoms with Gasteiger partial charge in [-0.15, -0.1) is 0 Å². The summed E-state index contributed by atoms with van der Waals surface area (Å²) in [5, 5.41) is 3.24. The van der Waals surface area contributed by atoms with Crippen molar-refractivity contribution in [2.24, 2.45) is 5.92 Å². The lowest BCUT2D eigenvalue weighted by molar-refractivity contribution is 0.286. The lowest BCUT2D eigenvalue weighted by atomic mass is 10.1. The van der Waals surface area contributed by atoms with Gasteiger partial charge >= 0.3 is 0 Å². The van der Waals surface area contributed by atoms with E-state index in [0.717, 1.165) is 24.8 Å². The molecule has 14 heavy (non-hydrogen) atoms. The fourth-order valence-corrected chi connectivity index (χ4v) is 2.13. The van der Waals surface area contributed by atoms with Gasteiger partial charge in [0.1, 0.15) is 5.76 Å². The lowest BCUT2D eigenvalue weighted by Gasteiger charge is -2.13. The molecule has 1 aliphatic rings. The molecule has 1 aliphatic heterocycles. The molecule has 0 spiro atoms. The quantitative estimate of drug-likeness (QED) is 0.783. The third-order valence-electron chi connectivity index (χ3n) is 2.82. The van der Waals surface area contributed by atoms with Crippen molar-refractivity contribution in [2.45, 2.75) is 13.0 Å². The minimum absolute atomic E-state index is 0.815. The van der Waals surface area contributed by atoms with E-state index in [4.69, 9.17) is 4.42 Å². The molecule has 1 N–H and O–H groups in total. The van der Waals surface area contributed by atoms with Crippen LogP contribution in [0.4, 0.5) is 0 Å². The first-order valence-corrected chi connectivity index (χ1v) is 5.28. The summed E-state index contributed by atoms with van der Waals surface area (Å²) in [5.41, 5.74) is 0. The first-order chi connectivity index (χ1) is 6.88. The second kappa shape index (κ2) is 4.62. The molecule has 0 radical (unpaired) electrons. The van der Waals surface area contributed by atoms with Crippen LogP contribution in [-0.2, 0) is 6.54 Å². The Morgan fingerprint density at radius 3 is 3.29 bits per heavy atom. The van der Waals surface area contributed by atoms with E-state index in [2.05, 4.69) is 10.2 Å². The second-order valence-corrected chi connectivity index (χ2v) is 4.03. The molecule has 3 heteroatoms. The van der Waals surface area contributed by atoms with Crippen LogP contribution in [0.3, 0.4) is 0 Å². The van der Waals surface area contributed by atoms with Crippen LogP contribution in [0.5, 0.6) is 0 Å². The Balaban J connectivity index is 1.79. The molecule has 2 heterocycles. The summed E-state index contributed by atoms with van der Waals surface area (Å²) < 4.78 is 5.33. The van der Waals surface area contributed by atoms with Crippen molar-refractivity contribution >= 4 is 0 Å². The fraction of sp³-hybridized carbons (Fsp3) is 0.636. The molecular weight excluding hydrogens is 176 g/mol. The molecule has 1 saturated heterocycles. The molecule has 1 fully saturated rings. The Bertz CT molecular complexity index is 258. The second-order valence-electron chi connectivity index (χ2n) is 4.03. The van der Waals surface area contributed by atoms with Crippen LogP contribution in [0.1, 0.15) is 12.2 Å². The molecule has 0 bridgehead atoms. The Morgan fingerprint density at radius 1 is 1.64 bits per heavy atom. The Kier molecular flexibility index (Phi) is 3.22. The third kappa shape index (κ3) is 2.36. The van der Waals surface area contributed by atoms with Gasteiger partial charge in [0.15, 0.2) is 0 Å². The molecule has 78 valence electrons. The predicted octanol–water partition coefficient (Wildman–Crippen LogP) is 1.32. The maximum atomic E-state index is 5.33. The van der Waals surface area contributed by atoms with E-state index in [-0.39, 0.29) is 0 Å². The number of hydrogen-bond donors (Lipinski definition) is 1. The first-order valence-electron chi connectivity index (χ1n) is 5.28. The molecule has 1 unspecified atom stereocenters. The summed E-state index contributed by atoms with van der Waals surface area (Å²) >= 11 is 0. The first kappa shape index (κ1) is 9.74. The van der Waals surface area contributed by atoms with Crippen LogP contribution in [0.25, 0.3) is 0 Å². The standard InChI is InChI=1S/C11H18N2O/c1-12-7-10-4-5-13(8-10)9-11-3-2-6-14-11/h2-3,6,10,12H,4-5,7-9H2,1H3. The van der Waals surface area contributed by atoms with E-state index in [0.29, 0.717) is 0 Å². The molecule has 1 aromatic heterocycles. The van der Waals surface area contributed by atoms with Gasteiger partial charge in [-0.25, -0.2) is 0 Å². The maximum Gasteiger partial charge on any atom is 0.117 e. The number of nitrogens with zero attached hydrogens (tertiary/aromatic N) is 1. The number of likely N-dealkylation sites (tertiary alicyclic amines) is 1. The summed E-state index contributed by atoms with van der Waals surface area (Å²) in [6.45, 7) is 4.50. The summed E-state index contributed by atoms with van der Waals surface area (Å²) in [6.07, 6.45) is 3.05. The smallest absolute Gasteiger partial charge is 0.117 e. The summed E-state index contributed by atoms with van der Waals surface area (Å²) in [4.78, 5) is 2.46. The summed E-state index contributed by atoms with van der Waals surface area (Å²) in [7, 11) is 2.02. The van der Waals surface area contributed by atoms with Crippen LogP contribution in [0.15, 0.2) is 22.8 Å². The number of nitrogens with one attached hydrogen (secondary N) is 1. The molecule has 1 aromatic rings. The molecule has 1 atom stereocenters. The SMILES string of the molecule is CNCC1CCN(Cc2ccco2)C1. The van der Waals surface area contributed by atoms with E-state index in [1.165, 1.54) is 19.5 Å². The van der Waals surface area contributed by atoms with Gasteiger partial charge < -0.3 is 9.73 Å². The molecule has 0 aliphatic carbocycles. The Morgan fingerprint density at radius 2 is 2.57 bits per heavy atom. The highest BCUT2D eigenvalue weighted by molar-refractivity contribution is 4.98. The van der Waals surface area contributed by atoms with Crippen LogP contribution in [-0.4, -0.2) is 31.6 Å². The summed E-state index contributed by atoms with van der Waals surface area (Å²) in [5.74, 6) is 1.89. The Hall–Kier alpha value is -0.800. The molecule has 0 saturated carbocycles. The van der Waals surface area contributed by atoms with Crippen LogP contribution < -0.4 is 5.32 Å². The summed E-state index contributed by atoms with van der Waals surface area (Å²) in [6, 6.07) is 4.00. The molecular formula is C11H18N2O. The van der Waals surface area contributed by atoms with Gasteiger partial charge in [-0.1, -0.05) is 0 Å². The van der Waals surface area contributed by atoms with Gasteiger partial charge in [-0.2, -0.15) is 0 Å². The van der Waals surface area contributed by atoms with Crippen LogP contribution in [0.2, 0.25) is 0 Å². The van der Waals surface area contributed by atoms with Gasteiger partial charge in [-0.3, -0.25) is 4.90 Å². The number of rotatable bonds is 4. The average Bonchev–Trinajstić information content (AvgIpc) is 2.79. The highest BCUT2D eigenvalue weighted by Gasteiger charge is 2.21. The fourth-order valence-electron chi connectivity index (χ4n) is 2.13. The van der Waals surface area contributed by atoms with Gasteiger partial charge in [0.2, 0.25) is 0 Å². The highest BCUT2D eigenvalue weighted by Crippen LogP contribution is 2.17. The molecule has 3 nitrogen and oxygen atoms in total. The topological polar surface area (TPSA) is 28.4 Å². The van der Waals surface area contributed by atoms with E-state index in [9.17, 15) is 0 Å². The van der Waals surface area contributed by atoms with Gasteiger partial charge in [0.25, 0.3) is 0 Å². The highest BCUT2D eigenvalue weighted by atomic mass is 16.3. The van der Waals surface area contributed by atoms with Gasteiger partial charge in [-0.05, 0) is 44.6 Å². The predicted molar refractivity (Wildman–Crippen MR) is 56.0 cm³/mol. The van der Waals surface area contributed by atoms with Gasteiger partial charge in [0, 0.05) is 6.54 Å². The maximum absolute atomic E-state index is 5.33. The number of furan rings is 1. The van der Waals surface area contributed by atoms with E-state index in [1.54, 1.807) is 6.26 Å². The average molecular weight is 194 g/mol. The van der Waals surface area contributed by atoms with Crippen molar-refractivity contribution in [2.75, 3.05) is 26.7 Å². The lowest BCUT2D eigenvalue weighted by Crippen LogP contribution is -2.24. The van der Waals surface area contributed by atoms with Crippen molar-refractivity contribution in [1.82, 2.24) is 10.2 Å². The minimum atomic E-state index is 0.815. The zero-order valence-corrected chi connectivity index (χ0v) is 8.70. The van der Waals surface area contributed by atoms with Crippen molar-refractivity contribution < 1.29 is 4.42 Å². The molecule has 0 amide bonds. The zero-order valence-electron chi connectivity index (χ0n) is 8.70. The van der Waals surface area contributed by atoms with Gasteiger partial charge in [0.05, 0.1) is 12.8 Å². The van der Waals surface area contributed by atoms with Crippen molar-refractivity contribution in [3.63, 3.8) is 0 Å². The normalized spacial score (nSPS) is 23.1. The monoisotopic (exact) mass is 194 g/mol. The molecule has 2 rings (SSSR count). The largest absolute Gasteiger partial charge is 0.468 e. The van der Waals surface area contributed by atoms with Crippen molar-refractivity contribution in [3.8, 4) is 0 Å². The van der Waals surface area contributed by atoms with E-state index < -0.39 is 0 Å². The minimum Gasteiger partial charge on any atom is -0.468 e. The molecule has 0 aromatic carbocycles. The zero-order chi connectivity index (χ0) is 9.80.